The van der Waals surface area contributed by atoms with Crippen LogP contribution in [0.3, 0.4) is 0 Å². The number of benzene rings is 1. The highest BCUT2D eigenvalue weighted by atomic mass is 16.5. The maximum Gasteiger partial charge on any atom is 0.271 e. The molecular weight excluding hydrogens is 292 g/mol. The van der Waals surface area contributed by atoms with E-state index in [-0.39, 0.29) is 5.91 Å². The van der Waals surface area contributed by atoms with Crippen LogP contribution in [-0.4, -0.2) is 29.8 Å². The Morgan fingerprint density at radius 1 is 1.09 bits per heavy atom. The highest BCUT2D eigenvalue weighted by Crippen LogP contribution is 2.18. The van der Waals surface area contributed by atoms with Crippen LogP contribution >= 0.6 is 0 Å². The molecule has 6 nitrogen and oxygen atoms in total. The number of hydrogen-bond donors (Lipinski definition) is 2. The van der Waals surface area contributed by atoms with Crippen molar-refractivity contribution in [1.29, 1.82) is 0 Å². The molecule has 1 aromatic carbocycles. The van der Waals surface area contributed by atoms with E-state index in [2.05, 4.69) is 27.8 Å². The Balaban J connectivity index is 1.89. The van der Waals surface area contributed by atoms with Crippen molar-refractivity contribution in [3.05, 3.63) is 42.1 Å². The van der Waals surface area contributed by atoms with Gasteiger partial charge in [0.25, 0.3) is 5.91 Å². The summed E-state index contributed by atoms with van der Waals surface area (Å²) in [5.74, 6) is 1.18. The Bertz CT molecular complexity index is 611. The Labute approximate surface area is 136 Å². The van der Waals surface area contributed by atoms with Gasteiger partial charge in [-0.15, -0.1) is 10.2 Å². The first-order chi connectivity index (χ1) is 11.2. The van der Waals surface area contributed by atoms with Gasteiger partial charge in [-0.2, -0.15) is 0 Å². The maximum atomic E-state index is 11.9. The number of rotatable bonds is 8. The fraction of sp³-hybridized carbons (Fsp3) is 0.353. The number of nitrogens with zero attached hydrogens (tertiary/aromatic N) is 2. The van der Waals surface area contributed by atoms with Crippen molar-refractivity contribution in [1.82, 2.24) is 15.5 Å². The zero-order chi connectivity index (χ0) is 16.5. The lowest BCUT2D eigenvalue weighted by Crippen LogP contribution is -2.25. The minimum atomic E-state index is -0.190. The molecule has 0 unspecified atom stereocenters. The van der Waals surface area contributed by atoms with E-state index in [0.29, 0.717) is 18.1 Å². The van der Waals surface area contributed by atoms with Gasteiger partial charge in [-0.3, -0.25) is 4.79 Å². The Kier molecular flexibility index (Phi) is 6.35. The number of carbonyl (C=O) groups excluding carboxylic acids is 1. The number of carbonyl (C=O) groups is 1. The van der Waals surface area contributed by atoms with E-state index in [1.807, 2.05) is 24.3 Å². The summed E-state index contributed by atoms with van der Waals surface area (Å²) in [4.78, 5) is 11.9. The second-order valence-corrected chi connectivity index (χ2v) is 5.12. The molecular formula is C17H22N4O2. The third-order valence-electron chi connectivity index (χ3n) is 3.33. The van der Waals surface area contributed by atoms with Crippen molar-refractivity contribution < 1.29 is 9.53 Å². The van der Waals surface area contributed by atoms with E-state index in [1.165, 1.54) is 0 Å². The first-order valence-electron chi connectivity index (χ1n) is 7.76. The predicted molar refractivity (Wildman–Crippen MR) is 90.2 cm³/mol. The highest BCUT2D eigenvalue weighted by molar-refractivity contribution is 5.92. The number of nitrogens with one attached hydrogen (secondary N) is 2. The Hall–Kier alpha value is -2.63. The average molecular weight is 314 g/mol. The second-order valence-electron chi connectivity index (χ2n) is 5.12. The molecule has 6 heteroatoms. The fourth-order valence-corrected chi connectivity index (χ4v) is 2.01. The summed E-state index contributed by atoms with van der Waals surface area (Å²) < 4.78 is 5.11. The van der Waals surface area contributed by atoms with Gasteiger partial charge in [0.05, 0.1) is 7.11 Å². The molecule has 0 saturated carbocycles. The van der Waals surface area contributed by atoms with Crippen LogP contribution in [0.2, 0.25) is 0 Å². The van der Waals surface area contributed by atoms with Crippen LogP contribution in [-0.2, 0) is 0 Å². The van der Waals surface area contributed by atoms with Gasteiger partial charge in [-0.25, -0.2) is 0 Å². The van der Waals surface area contributed by atoms with E-state index >= 15 is 0 Å². The summed E-state index contributed by atoms with van der Waals surface area (Å²) in [6, 6.07) is 10.9. The molecule has 2 N–H and O–H groups in total. The summed E-state index contributed by atoms with van der Waals surface area (Å²) >= 11 is 0. The lowest BCUT2D eigenvalue weighted by Gasteiger charge is -2.07. The van der Waals surface area contributed by atoms with E-state index in [9.17, 15) is 4.79 Å². The van der Waals surface area contributed by atoms with Crippen LogP contribution in [0.4, 0.5) is 11.5 Å². The van der Waals surface area contributed by atoms with Crippen LogP contribution in [0.25, 0.3) is 0 Å². The summed E-state index contributed by atoms with van der Waals surface area (Å²) in [6.45, 7) is 2.79. The van der Waals surface area contributed by atoms with E-state index in [4.69, 9.17) is 4.74 Å². The molecule has 23 heavy (non-hydrogen) atoms. The predicted octanol–water partition coefficient (Wildman–Crippen LogP) is 3.15. The number of hydrogen-bond acceptors (Lipinski definition) is 5. The van der Waals surface area contributed by atoms with Gasteiger partial charge in [0, 0.05) is 12.2 Å². The van der Waals surface area contributed by atoms with Crippen molar-refractivity contribution in [2.24, 2.45) is 0 Å². The van der Waals surface area contributed by atoms with E-state index in [0.717, 1.165) is 30.7 Å². The number of anilines is 2. The largest absolute Gasteiger partial charge is 0.497 e. The Morgan fingerprint density at radius 2 is 1.87 bits per heavy atom. The quantitative estimate of drug-likeness (QED) is 0.732. The molecule has 122 valence electrons. The number of amides is 1. The van der Waals surface area contributed by atoms with Gasteiger partial charge in [-0.05, 0) is 42.8 Å². The number of methoxy groups -OCH3 is 1. The molecule has 0 aliphatic rings. The minimum Gasteiger partial charge on any atom is -0.497 e. The molecule has 1 amide bonds. The van der Waals surface area contributed by atoms with Gasteiger partial charge >= 0.3 is 0 Å². The topological polar surface area (TPSA) is 76.1 Å². The monoisotopic (exact) mass is 314 g/mol. The standard InChI is InChI=1S/C17H22N4O2/c1-3-4-5-12-18-17(22)15-10-11-16(21-20-15)19-13-6-8-14(23-2)9-7-13/h6-11H,3-5,12H2,1-2H3,(H,18,22)(H,19,21). The van der Waals surface area contributed by atoms with Crippen molar-refractivity contribution in [2.75, 3.05) is 19.0 Å². The molecule has 0 saturated heterocycles. The molecule has 0 aliphatic carbocycles. The van der Waals surface area contributed by atoms with E-state index in [1.54, 1.807) is 19.2 Å². The lowest BCUT2D eigenvalue weighted by atomic mass is 10.2. The first kappa shape index (κ1) is 16.7. The molecule has 1 heterocycles. The third kappa shape index (κ3) is 5.25. The van der Waals surface area contributed by atoms with E-state index < -0.39 is 0 Å². The van der Waals surface area contributed by atoms with Crippen LogP contribution in [0.15, 0.2) is 36.4 Å². The van der Waals surface area contributed by atoms with Gasteiger partial charge < -0.3 is 15.4 Å². The number of unbranched alkanes of at least 4 members (excludes halogenated alkanes) is 2. The zero-order valence-electron chi connectivity index (χ0n) is 13.5. The van der Waals surface area contributed by atoms with Crippen molar-refractivity contribution >= 4 is 17.4 Å². The van der Waals surface area contributed by atoms with Crippen LogP contribution < -0.4 is 15.4 Å². The summed E-state index contributed by atoms with van der Waals surface area (Å²) in [7, 11) is 1.62. The molecule has 0 spiro atoms. The number of aromatic nitrogens is 2. The van der Waals surface area contributed by atoms with Crippen molar-refractivity contribution in [3.63, 3.8) is 0 Å². The van der Waals surface area contributed by atoms with Crippen LogP contribution in [0, 0.1) is 0 Å². The first-order valence-corrected chi connectivity index (χ1v) is 7.76. The lowest BCUT2D eigenvalue weighted by molar-refractivity contribution is 0.0947. The van der Waals surface area contributed by atoms with Crippen LogP contribution in [0.1, 0.15) is 36.7 Å². The van der Waals surface area contributed by atoms with Crippen molar-refractivity contribution in [2.45, 2.75) is 26.2 Å². The second kappa shape index (κ2) is 8.73. The Morgan fingerprint density at radius 3 is 2.48 bits per heavy atom. The molecule has 0 radical (unpaired) electrons. The summed E-state index contributed by atoms with van der Waals surface area (Å²) in [5.41, 5.74) is 1.19. The molecule has 0 bridgehead atoms. The van der Waals surface area contributed by atoms with Gasteiger partial charge in [-0.1, -0.05) is 19.8 Å². The van der Waals surface area contributed by atoms with Gasteiger partial charge in [0.2, 0.25) is 0 Å². The summed E-state index contributed by atoms with van der Waals surface area (Å²) in [5, 5.41) is 13.9. The molecule has 2 rings (SSSR count). The number of ether oxygens (including phenoxy) is 1. The molecule has 1 aromatic heterocycles. The van der Waals surface area contributed by atoms with Crippen molar-refractivity contribution in [3.8, 4) is 5.75 Å². The van der Waals surface area contributed by atoms with Gasteiger partial charge in [0.1, 0.15) is 5.75 Å². The zero-order valence-corrected chi connectivity index (χ0v) is 13.5. The smallest absolute Gasteiger partial charge is 0.271 e. The maximum absolute atomic E-state index is 11.9. The van der Waals surface area contributed by atoms with Gasteiger partial charge in [0.15, 0.2) is 11.5 Å². The average Bonchev–Trinajstić information content (AvgIpc) is 2.60. The molecule has 0 fully saturated rings. The SMILES string of the molecule is CCCCCNC(=O)c1ccc(Nc2ccc(OC)cc2)nn1. The summed E-state index contributed by atoms with van der Waals surface area (Å²) in [6.07, 6.45) is 3.21. The molecule has 0 atom stereocenters. The van der Waals surface area contributed by atoms with Crippen LogP contribution in [0.5, 0.6) is 5.75 Å². The highest BCUT2D eigenvalue weighted by Gasteiger charge is 2.07. The fourth-order valence-electron chi connectivity index (χ4n) is 2.01. The molecule has 0 aliphatic heterocycles. The molecule has 2 aromatic rings. The third-order valence-corrected chi connectivity index (χ3v) is 3.33. The minimum absolute atomic E-state index is 0.190. The normalized spacial score (nSPS) is 10.2.